The summed E-state index contributed by atoms with van der Waals surface area (Å²) < 4.78 is 19.4. The number of rotatable bonds is 3. The minimum atomic E-state index is 0.284. The lowest BCUT2D eigenvalue weighted by molar-refractivity contribution is 0.391. The molecule has 0 aromatic carbocycles. The molecule has 4 heterocycles. The molecule has 20 heavy (non-hydrogen) atoms. The quantitative estimate of drug-likeness (QED) is 0.566. The van der Waals surface area contributed by atoms with E-state index in [2.05, 4.69) is 24.9 Å². The highest BCUT2D eigenvalue weighted by molar-refractivity contribution is 7.03. The van der Waals surface area contributed by atoms with Crippen LogP contribution in [0.1, 0.15) is 0 Å². The summed E-state index contributed by atoms with van der Waals surface area (Å²) in [5, 5.41) is 13.0. The van der Waals surface area contributed by atoms with Crippen molar-refractivity contribution in [3.05, 3.63) is 30.0 Å². The summed E-state index contributed by atoms with van der Waals surface area (Å²) in [4.78, 5) is 4.32. The van der Waals surface area contributed by atoms with Crippen LogP contribution in [0, 0.1) is 0 Å². The molecule has 0 unspecified atom stereocenters. The highest BCUT2D eigenvalue weighted by Crippen LogP contribution is 2.30. The summed E-state index contributed by atoms with van der Waals surface area (Å²) in [5.41, 5.74) is 2.19. The van der Waals surface area contributed by atoms with E-state index in [1.807, 2.05) is 11.4 Å². The van der Waals surface area contributed by atoms with E-state index in [9.17, 15) is 0 Å². The Labute approximate surface area is 115 Å². The van der Waals surface area contributed by atoms with Crippen molar-refractivity contribution < 1.29 is 13.5 Å². The molecule has 0 saturated carbocycles. The predicted octanol–water partition coefficient (Wildman–Crippen LogP) is 2.50. The van der Waals surface area contributed by atoms with Crippen LogP contribution in [-0.4, -0.2) is 24.9 Å². The third kappa shape index (κ3) is 1.72. The lowest BCUT2D eigenvalue weighted by Crippen LogP contribution is -1.83. The van der Waals surface area contributed by atoms with Crippen LogP contribution in [0.5, 0.6) is 0 Å². The molecule has 0 aliphatic rings. The SMILES string of the molecule is c1cc(-c2onnc2-c2nc(-c3ccsn3)co2)no1. The van der Waals surface area contributed by atoms with Crippen molar-refractivity contribution in [2.75, 3.05) is 0 Å². The Bertz CT molecular complexity index is 818. The molecule has 0 radical (unpaired) electrons. The maximum absolute atomic E-state index is 5.40. The fraction of sp³-hybridized carbons (Fsp3) is 0. The first-order chi connectivity index (χ1) is 9.92. The largest absolute Gasteiger partial charge is 0.442 e. The smallest absolute Gasteiger partial charge is 0.251 e. The van der Waals surface area contributed by atoms with Crippen molar-refractivity contribution in [1.29, 1.82) is 0 Å². The average Bonchev–Trinajstić information content (AvgIpc) is 3.23. The van der Waals surface area contributed by atoms with Gasteiger partial charge in [-0.2, -0.15) is 4.37 Å². The molecule has 4 aromatic heterocycles. The number of aromatic nitrogens is 5. The second-order valence-corrected chi connectivity index (χ2v) is 4.42. The van der Waals surface area contributed by atoms with Gasteiger partial charge in [-0.25, -0.2) is 4.98 Å². The molecular weight excluding hydrogens is 282 g/mol. The average molecular weight is 287 g/mol. The molecule has 98 valence electrons. The van der Waals surface area contributed by atoms with E-state index in [0.717, 1.165) is 5.69 Å². The van der Waals surface area contributed by atoms with Gasteiger partial charge in [0.2, 0.25) is 5.76 Å². The Hall–Kier alpha value is -2.81. The van der Waals surface area contributed by atoms with Crippen LogP contribution in [0.25, 0.3) is 34.4 Å². The van der Waals surface area contributed by atoms with E-state index in [1.165, 1.54) is 24.1 Å². The molecule has 0 fully saturated rings. The van der Waals surface area contributed by atoms with Crippen molar-refractivity contribution in [2.45, 2.75) is 0 Å². The third-order valence-corrected chi connectivity index (χ3v) is 3.13. The van der Waals surface area contributed by atoms with E-state index in [1.54, 1.807) is 6.07 Å². The van der Waals surface area contributed by atoms with Crippen LogP contribution in [0.4, 0.5) is 0 Å². The lowest BCUT2D eigenvalue weighted by atomic mass is 10.2. The Morgan fingerprint density at radius 3 is 2.90 bits per heavy atom. The summed E-state index contributed by atoms with van der Waals surface area (Å²) in [6.07, 6.45) is 2.93. The predicted molar refractivity (Wildman–Crippen MR) is 66.4 cm³/mol. The third-order valence-electron chi connectivity index (χ3n) is 2.57. The zero-order valence-corrected chi connectivity index (χ0v) is 10.6. The van der Waals surface area contributed by atoms with Crippen molar-refractivity contribution in [3.63, 3.8) is 0 Å². The normalized spacial score (nSPS) is 11.0. The molecule has 4 aromatic rings. The number of hydrogen-bond donors (Lipinski definition) is 0. The van der Waals surface area contributed by atoms with Gasteiger partial charge in [-0.3, -0.25) is 0 Å². The first kappa shape index (κ1) is 11.1. The molecule has 4 rings (SSSR count). The number of oxazole rings is 1. The van der Waals surface area contributed by atoms with Gasteiger partial charge in [0.05, 0.1) is 0 Å². The van der Waals surface area contributed by atoms with Crippen LogP contribution in [0.2, 0.25) is 0 Å². The highest BCUT2D eigenvalue weighted by Gasteiger charge is 2.22. The van der Waals surface area contributed by atoms with Gasteiger partial charge in [0.1, 0.15) is 23.9 Å². The molecule has 9 heteroatoms. The standard InChI is InChI=1S/C11H5N5O3S/c1-3-18-14-7(1)10-9(13-16-19-10)11-12-8(5-17-11)6-2-4-20-15-6/h1-5H. The molecule has 0 aliphatic carbocycles. The molecule has 0 bridgehead atoms. The van der Waals surface area contributed by atoms with E-state index >= 15 is 0 Å². The van der Waals surface area contributed by atoms with Gasteiger partial charge in [-0.15, -0.1) is 5.10 Å². The van der Waals surface area contributed by atoms with Gasteiger partial charge in [-0.1, -0.05) is 5.16 Å². The first-order valence-corrected chi connectivity index (χ1v) is 6.35. The molecule has 0 saturated heterocycles. The van der Waals surface area contributed by atoms with Crippen molar-refractivity contribution >= 4 is 11.5 Å². The maximum Gasteiger partial charge on any atom is 0.251 e. The summed E-state index contributed by atoms with van der Waals surface area (Å²) in [5.74, 6) is 0.623. The zero-order valence-electron chi connectivity index (χ0n) is 9.76. The van der Waals surface area contributed by atoms with Crippen LogP contribution in [0.3, 0.4) is 0 Å². The van der Waals surface area contributed by atoms with Gasteiger partial charge in [-0.05, 0) is 17.6 Å². The van der Waals surface area contributed by atoms with E-state index in [0.29, 0.717) is 22.8 Å². The van der Waals surface area contributed by atoms with Gasteiger partial charge in [0.15, 0.2) is 11.4 Å². The van der Waals surface area contributed by atoms with Gasteiger partial charge >= 0.3 is 0 Å². The van der Waals surface area contributed by atoms with Crippen molar-refractivity contribution in [1.82, 2.24) is 24.9 Å². The maximum atomic E-state index is 5.40. The Balaban J connectivity index is 1.78. The van der Waals surface area contributed by atoms with E-state index in [4.69, 9.17) is 13.5 Å². The van der Waals surface area contributed by atoms with Crippen LogP contribution in [-0.2, 0) is 0 Å². The molecule has 0 amide bonds. The summed E-state index contributed by atoms with van der Waals surface area (Å²) >= 11 is 1.34. The Morgan fingerprint density at radius 1 is 1.10 bits per heavy atom. The monoisotopic (exact) mass is 287 g/mol. The fourth-order valence-electron chi connectivity index (χ4n) is 1.67. The summed E-state index contributed by atoms with van der Waals surface area (Å²) in [6.45, 7) is 0. The summed E-state index contributed by atoms with van der Waals surface area (Å²) in [7, 11) is 0. The Kier molecular flexibility index (Phi) is 2.42. The zero-order chi connectivity index (χ0) is 13.4. The molecule has 0 N–H and O–H groups in total. The van der Waals surface area contributed by atoms with Crippen LogP contribution in [0.15, 0.2) is 43.5 Å². The van der Waals surface area contributed by atoms with Crippen LogP contribution >= 0.6 is 11.5 Å². The fourth-order valence-corrected chi connectivity index (χ4v) is 2.19. The van der Waals surface area contributed by atoms with Crippen molar-refractivity contribution in [3.8, 4) is 34.4 Å². The molecular formula is C11H5N5O3S. The van der Waals surface area contributed by atoms with Crippen molar-refractivity contribution in [2.24, 2.45) is 0 Å². The number of nitrogens with zero attached hydrogens (tertiary/aromatic N) is 5. The number of hydrogen-bond acceptors (Lipinski definition) is 9. The molecule has 0 atom stereocenters. The second-order valence-electron chi connectivity index (χ2n) is 3.76. The molecule has 0 aliphatic heterocycles. The van der Waals surface area contributed by atoms with Gasteiger partial charge in [0.25, 0.3) is 5.89 Å². The second kappa shape index (κ2) is 4.38. The molecule has 0 spiro atoms. The minimum Gasteiger partial charge on any atom is -0.442 e. The lowest BCUT2D eigenvalue weighted by Gasteiger charge is -1.89. The van der Waals surface area contributed by atoms with Gasteiger partial charge in [0, 0.05) is 16.7 Å². The Morgan fingerprint density at radius 2 is 2.10 bits per heavy atom. The van der Waals surface area contributed by atoms with E-state index < -0.39 is 0 Å². The highest BCUT2D eigenvalue weighted by atomic mass is 32.1. The summed E-state index contributed by atoms with van der Waals surface area (Å²) in [6, 6.07) is 3.49. The van der Waals surface area contributed by atoms with E-state index in [-0.39, 0.29) is 5.89 Å². The topological polar surface area (TPSA) is 104 Å². The molecule has 8 nitrogen and oxygen atoms in total. The van der Waals surface area contributed by atoms with Crippen LogP contribution < -0.4 is 0 Å². The first-order valence-electron chi connectivity index (χ1n) is 5.51. The van der Waals surface area contributed by atoms with Gasteiger partial charge < -0.3 is 13.5 Å². The minimum absolute atomic E-state index is 0.284.